The quantitative estimate of drug-likeness (QED) is 0.415. The van der Waals surface area contributed by atoms with E-state index in [-0.39, 0.29) is 10.5 Å². The van der Waals surface area contributed by atoms with E-state index < -0.39 is 16.1 Å². The van der Waals surface area contributed by atoms with Crippen molar-refractivity contribution in [2.75, 3.05) is 5.43 Å². The third kappa shape index (κ3) is 3.77. The van der Waals surface area contributed by atoms with Crippen molar-refractivity contribution in [3.8, 4) is 0 Å². The van der Waals surface area contributed by atoms with Gasteiger partial charge in [-0.1, -0.05) is 66.3 Å². The molecule has 0 aliphatic heterocycles. The summed E-state index contributed by atoms with van der Waals surface area (Å²) in [5.41, 5.74) is 5.47. The first kappa shape index (κ1) is 18.9. The van der Waals surface area contributed by atoms with Crippen molar-refractivity contribution in [1.82, 2.24) is 5.59 Å². The summed E-state index contributed by atoms with van der Waals surface area (Å²) in [5.74, 6) is -1.23. The minimum absolute atomic E-state index is 0.145. The Balaban J connectivity index is 1.63. The van der Waals surface area contributed by atoms with Gasteiger partial charge in [0.1, 0.15) is 4.90 Å². The smallest absolute Gasteiger partial charge is 0.335 e. The normalized spacial score (nSPS) is 11.6. The number of carbonyl (C=O) groups is 1. The number of fused-ring (bicyclic) bond motifs is 2. The molecule has 0 amide bonds. The van der Waals surface area contributed by atoms with E-state index in [9.17, 15) is 18.3 Å². The van der Waals surface area contributed by atoms with Crippen molar-refractivity contribution in [2.45, 2.75) is 4.90 Å². The van der Waals surface area contributed by atoms with E-state index >= 15 is 0 Å². The molecule has 146 valence electrons. The van der Waals surface area contributed by atoms with Crippen LogP contribution in [-0.2, 0) is 14.4 Å². The fourth-order valence-electron chi connectivity index (χ4n) is 3.12. The molecule has 0 aliphatic rings. The maximum Gasteiger partial charge on any atom is 0.335 e. The van der Waals surface area contributed by atoms with Gasteiger partial charge in [0.05, 0.1) is 11.3 Å². The highest BCUT2D eigenvalue weighted by molar-refractivity contribution is 7.87. The zero-order chi connectivity index (χ0) is 20.4. The van der Waals surface area contributed by atoms with E-state index in [4.69, 9.17) is 4.28 Å². The molecule has 3 N–H and O–H groups in total. The van der Waals surface area contributed by atoms with Gasteiger partial charge in [-0.3, -0.25) is 5.43 Å². The van der Waals surface area contributed by atoms with Crippen LogP contribution < -0.4 is 11.0 Å². The molecule has 0 bridgehead atoms. The Kier molecular flexibility index (Phi) is 4.89. The van der Waals surface area contributed by atoms with Crippen molar-refractivity contribution in [3.63, 3.8) is 0 Å². The van der Waals surface area contributed by atoms with E-state index in [0.29, 0.717) is 16.5 Å². The van der Waals surface area contributed by atoms with Gasteiger partial charge in [0.15, 0.2) is 0 Å². The topological polar surface area (TPSA) is 105 Å². The first-order chi connectivity index (χ1) is 14.0. The Morgan fingerprint density at radius 1 is 0.828 bits per heavy atom. The molecule has 8 heteroatoms. The standard InChI is InChI=1S/C21H16N2O5S/c24-21(25)16-12-15-7-2-4-10-18(15)20(13-16)29(26,27)28-23-22-19-11-5-8-14-6-1-3-9-17(14)19/h1-13,22-23H,(H,24,25). The van der Waals surface area contributed by atoms with Crippen molar-refractivity contribution < 1.29 is 22.6 Å². The molecule has 29 heavy (non-hydrogen) atoms. The van der Waals surface area contributed by atoms with Crippen molar-refractivity contribution >= 4 is 43.3 Å². The van der Waals surface area contributed by atoms with Crippen LogP contribution in [0.5, 0.6) is 0 Å². The van der Waals surface area contributed by atoms with E-state index in [2.05, 4.69) is 11.0 Å². The van der Waals surface area contributed by atoms with Gasteiger partial charge in [-0.05, 0) is 29.0 Å². The second kappa shape index (κ2) is 7.51. The molecule has 0 saturated carbocycles. The highest BCUT2D eigenvalue weighted by Gasteiger charge is 2.21. The van der Waals surface area contributed by atoms with Gasteiger partial charge < -0.3 is 5.11 Å². The number of hydrogen-bond donors (Lipinski definition) is 3. The number of aromatic carboxylic acids is 1. The molecule has 0 heterocycles. The molecular formula is C21H16N2O5S. The Labute approximate surface area is 166 Å². The van der Waals surface area contributed by atoms with Gasteiger partial charge in [-0.2, -0.15) is 12.7 Å². The van der Waals surface area contributed by atoms with Crippen LogP contribution in [0.3, 0.4) is 0 Å². The second-order valence-electron chi connectivity index (χ2n) is 6.29. The Morgan fingerprint density at radius 3 is 2.24 bits per heavy atom. The lowest BCUT2D eigenvalue weighted by molar-refractivity contribution is 0.0697. The molecule has 0 saturated heterocycles. The van der Waals surface area contributed by atoms with Gasteiger partial charge in [0.2, 0.25) is 0 Å². The lowest BCUT2D eigenvalue weighted by atomic mass is 10.1. The predicted octanol–water partition coefficient (Wildman–Crippen LogP) is 3.93. The summed E-state index contributed by atoms with van der Waals surface area (Å²) in [6.07, 6.45) is 0. The van der Waals surface area contributed by atoms with Crippen molar-refractivity contribution in [2.24, 2.45) is 0 Å². The third-order valence-electron chi connectivity index (χ3n) is 4.47. The number of rotatable bonds is 6. The Morgan fingerprint density at radius 2 is 1.48 bits per heavy atom. The fraction of sp³-hybridized carbons (Fsp3) is 0. The third-order valence-corrected chi connectivity index (χ3v) is 5.65. The largest absolute Gasteiger partial charge is 0.478 e. The summed E-state index contributed by atoms with van der Waals surface area (Å²) in [4.78, 5) is 11.1. The minimum atomic E-state index is -4.30. The monoisotopic (exact) mass is 408 g/mol. The average molecular weight is 408 g/mol. The Hall–Kier alpha value is -3.46. The summed E-state index contributed by atoms with van der Waals surface area (Å²) in [5, 5.41) is 12.0. The lowest BCUT2D eigenvalue weighted by Crippen LogP contribution is -2.26. The number of hydrogen-bond acceptors (Lipinski definition) is 6. The molecule has 0 atom stereocenters. The van der Waals surface area contributed by atoms with Gasteiger partial charge in [-0.25, -0.2) is 4.79 Å². The minimum Gasteiger partial charge on any atom is -0.478 e. The fourth-order valence-corrected chi connectivity index (χ4v) is 4.08. The summed E-state index contributed by atoms with van der Waals surface area (Å²) >= 11 is 0. The molecule has 4 aromatic carbocycles. The summed E-state index contributed by atoms with van der Waals surface area (Å²) in [6.45, 7) is 0. The summed E-state index contributed by atoms with van der Waals surface area (Å²) in [7, 11) is -4.30. The van der Waals surface area contributed by atoms with Gasteiger partial charge in [0, 0.05) is 10.8 Å². The van der Waals surface area contributed by atoms with E-state index in [1.165, 1.54) is 6.07 Å². The lowest BCUT2D eigenvalue weighted by Gasteiger charge is -2.13. The number of hydrazine groups is 1. The highest BCUT2D eigenvalue weighted by Crippen LogP contribution is 2.27. The zero-order valence-corrected chi connectivity index (χ0v) is 15.8. The average Bonchev–Trinajstić information content (AvgIpc) is 2.73. The highest BCUT2D eigenvalue weighted by atomic mass is 32.2. The van der Waals surface area contributed by atoms with Gasteiger partial charge in [-0.15, -0.1) is 0 Å². The molecule has 0 aromatic heterocycles. The van der Waals surface area contributed by atoms with E-state index in [1.807, 2.05) is 36.4 Å². The van der Waals surface area contributed by atoms with Crippen LogP contribution in [0.1, 0.15) is 10.4 Å². The van der Waals surface area contributed by atoms with Gasteiger partial charge in [0.25, 0.3) is 0 Å². The van der Waals surface area contributed by atoms with Crippen LogP contribution in [0.2, 0.25) is 0 Å². The first-order valence-corrected chi connectivity index (χ1v) is 10.0. The Bertz CT molecular complexity index is 1330. The van der Waals surface area contributed by atoms with E-state index in [0.717, 1.165) is 16.8 Å². The van der Waals surface area contributed by atoms with Crippen molar-refractivity contribution in [3.05, 3.63) is 84.4 Å². The molecule has 0 spiro atoms. The number of anilines is 1. The molecule has 0 unspecified atom stereocenters. The first-order valence-electron chi connectivity index (χ1n) is 8.64. The van der Waals surface area contributed by atoms with Crippen LogP contribution in [0.4, 0.5) is 5.69 Å². The molecule has 0 aliphatic carbocycles. The predicted molar refractivity (Wildman–Crippen MR) is 110 cm³/mol. The number of carboxylic acid groups (broad SMARTS) is 1. The molecule has 0 radical (unpaired) electrons. The van der Waals surface area contributed by atoms with E-state index in [1.54, 1.807) is 30.3 Å². The zero-order valence-electron chi connectivity index (χ0n) is 15.0. The second-order valence-corrected chi connectivity index (χ2v) is 7.81. The number of benzene rings is 4. The molecule has 4 rings (SSSR count). The van der Waals surface area contributed by atoms with Crippen LogP contribution >= 0.6 is 0 Å². The number of carboxylic acids is 1. The van der Waals surface area contributed by atoms with Gasteiger partial charge >= 0.3 is 16.1 Å². The molecule has 4 aromatic rings. The van der Waals surface area contributed by atoms with Crippen molar-refractivity contribution in [1.29, 1.82) is 0 Å². The SMILES string of the molecule is O=C(O)c1cc(S(=O)(=O)ONNc2cccc3ccccc23)c2ccccc2c1. The molecular weight excluding hydrogens is 392 g/mol. The summed E-state index contributed by atoms with van der Waals surface area (Å²) < 4.78 is 30.4. The number of nitrogens with one attached hydrogen (secondary N) is 2. The van der Waals surface area contributed by atoms with Crippen LogP contribution in [-0.4, -0.2) is 19.5 Å². The molecule has 7 nitrogen and oxygen atoms in total. The maximum absolute atomic E-state index is 12.8. The van der Waals surface area contributed by atoms with Crippen LogP contribution in [0, 0.1) is 0 Å². The van der Waals surface area contributed by atoms with Crippen LogP contribution in [0.15, 0.2) is 83.8 Å². The summed E-state index contributed by atoms with van der Waals surface area (Å²) in [6, 6.07) is 22.2. The maximum atomic E-state index is 12.8. The molecule has 0 fully saturated rings. The van der Waals surface area contributed by atoms with Crippen LogP contribution in [0.25, 0.3) is 21.5 Å².